The van der Waals surface area contributed by atoms with Gasteiger partial charge >= 0.3 is 0 Å². The van der Waals surface area contributed by atoms with Crippen molar-refractivity contribution in [2.75, 3.05) is 6.61 Å². The molecule has 0 aliphatic rings. The van der Waals surface area contributed by atoms with Crippen LogP contribution in [0.2, 0.25) is 13.1 Å². The topological polar surface area (TPSA) is 18.5 Å². The smallest absolute Gasteiger partial charge is 0.244 e. The summed E-state index contributed by atoms with van der Waals surface area (Å²) in [6, 6.07) is 9.85. The molecule has 1 aromatic rings. The molecular formula is C16H24O2Si. The summed E-state index contributed by atoms with van der Waals surface area (Å²) in [5.74, 6) is 4.24. The van der Waals surface area contributed by atoms with Crippen molar-refractivity contribution in [2.45, 2.75) is 33.9 Å². The molecule has 0 spiro atoms. The minimum absolute atomic E-state index is 0.0731. The summed E-state index contributed by atoms with van der Waals surface area (Å²) >= 11 is 0. The second-order valence-electron chi connectivity index (χ2n) is 5.96. The van der Waals surface area contributed by atoms with Crippen LogP contribution in [0.25, 0.3) is 0 Å². The molecule has 0 heterocycles. The van der Waals surface area contributed by atoms with Crippen molar-refractivity contribution in [3.05, 3.63) is 30.3 Å². The predicted molar refractivity (Wildman–Crippen MR) is 82.6 cm³/mol. The Hall–Kier alpha value is -1.40. The molecule has 0 aromatic heterocycles. The molecule has 104 valence electrons. The summed E-state index contributed by atoms with van der Waals surface area (Å²) in [5, 5.41) is 0. The number of rotatable bonds is 4. The van der Waals surface area contributed by atoms with Crippen LogP contribution in [0.4, 0.5) is 0 Å². The highest BCUT2D eigenvalue weighted by atomic mass is 28.3. The van der Waals surface area contributed by atoms with E-state index in [1.165, 1.54) is 0 Å². The van der Waals surface area contributed by atoms with Crippen LogP contribution in [0.1, 0.15) is 20.8 Å². The number of hydrogen-bond acceptors (Lipinski definition) is 2. The van der Waals surface area contributed by atoms with Gasteiger partial charge in [-0.3, -0.25) is 0 Å². The fraction of sp³-hybridized carbons (Fsp3) is 0.500. The molecule has 2 nitrogen and oxygen atoms in total. The molecule has 0 aliphatic heterocycles. The van der Waals surface area contributed by atoms with Gasteiger partial charge in [0.2, 0.25) is 9.04 Å². The maximum absolute atomic E-state index is 5.81. The summed E-state index contributed by atoms with van der Waals surface area (Å²) in [6.45, 7) is 11.3. The SMILES string of the molecule is C[SiH](C)OC#C[C@@H](COc1ccccc1)C(C)(C)C. The van der Waals surface area contributed by atoms with E-state index in [4.69, 9.17) is 9.16 Å². The lowest BCUT2D eigenvalue weighted by Gasteiger charge is -2.26. The average molecular weight is 276 g/mol. The molecule has 0 bridgehead atoms. The molecule has 3 heteroatoms. The molecule has 0 N–H and O–H groups in total. The number of hydrogen-bond donors (Lipinski definition) is 0. The normalized spacial score (nSPS) is 12.5. The zero-order chi connectivity index (χ0) is 14.3. The molecule has 0 aliphatic carbocycles. The van der Waals surface area contributed by atoms with E-state index in [9.17, 15) is 0 Å². The first-order valence-corrected chi connectivity index (χ1v) is 9.51. The number of para-hydroxylation sites is 1. The van der Waals surface area contributed by atoms with Gasteiger partial charge in [-0.25, -0.2) is 0 Å². The lowest BCUT2D eigenvalue weighted by Crippen LogP contribution is -2.25. The maximum atomic E-state index is 5.81. The van der Waals surface area contributed by atoms with Crippen molar-refractivity contribution in [1.29, 1.82) is 0 Å². The minimum atomic E-state index is -1.08. The van der Waals surface area contributed by atoms with Crippen LogP contribution in [-0.4, -0.2) is 15.6 Å². The second kappa shape index (κ2) is 7.25. The van der Waals surface area contributed by atoms with Gasteiger partial charge in [0.25, 0.3) is 0 Å². The van der Waals surface area contributed by atoms with E-state index in [2.05, 4.69) is 45.9 Å². The van der Waals surface area contributed by atoms with Crippen molar-refractivity contribution in [3.8, 4) is 17.8 Å². The van der Waals surface area contributed by atoms with Crippen molar-refractivity contribution in [1.82, 2.24) is 0 Å². The Balaban J connectivity index is 2.62. The standard InChI is InChI=1S/C16H24O2Si/c1-16(2,3)14(11-12-18-19(4)5)13-17-15-9-7-6-8-10-15/h6-10,14,19H,13H2,1-5H3/t14-/m0/s1. The van der Waals surface area contributed by atoms with E-state index in [0.29, 0.717) is 6.61 Å². The van der Waals surface area contributed by atoms with E-state index < -0.39 is 9.04 Å². The van der Waals surface area contributed by atoms with Gasteiger partial charge in [-0.2, -0.15) is 0 Å². The van der Waals surface area contributed by atoms with Crippen LogP contribution in [-0.2, 0) is 4.43 Å². The Morgan fingerprint density at radius 1 is 1.16 bits per heavy atom. The third-order valence-electron chi connectivity index (χ3n) is 2.73. The first-order chi connectivity index (χ1) is 8.89. The molecule has 0 radical (unpaired) electrons. The Labute approximate surface area is 118 Å². The summed E-state index contributed by atoms with van der Waals surface area (Å²) in [7, 11) is -1.08. The van der Waals surface area contributed by atoms with E-state index in [0.717, 1.165) is 5.75 Å². The summed E-state index contributed by atoms with van der Waals surface area (Å²) < 4.78 is 11.2. The largest absolute Gasteiger partial charge is 0.505 e. The van der Waals surface area contributed by atoms with Gasteiger partial charge in [0.15, 0.2) is 0 Å². The third-order valence-corrected chi connectivity index (χ3v) is 3.32. The first-order valence-electron chi connectivity index (χ1n) is 6.73. The van der Waals surface area contributed by atoms with Crippen LogP contribution in [0.3, 0.4) is 0 Å². The predicted octanol–water partition coefficient (Wildman–Crippen LogP) is 3.69. The van der Waals surface area contributed by atoms with Crippen molar-refractivity contribution in [2.24, 2.45) is 11.3 Å². The molecular weight excluding hydrogens is 252 g/mol. The highest BCUT2D eigenvalue weighted by Gasteiger charge is 2.23. The number of benzene rings is 1. The molecule has 0 unspecified atom stereocenters. The Morgan fingerprint density at radius 2 is 1.79 bits per heavy atom. The van der Waals surface area contributed by atoms with Crippen molar-refractivity contribution < 1.29 is 9.16 Å². The molecule has 0 saturated carbocycles. The van der Waals surface area contributed by atoms with E-state index in [1.807, 2.05) is 30.3 Å². The molecule has 0 saturated heterocycles. The highest BCUT2D eigenvalue weighted by Crippen LogP contribution is 2.26. The Kier molecular flexibility index (Phi) is 5.97. The van der Waals surface area contributed by atoms with Gasteiger partial charge in [-0.1, -0.05) is 44.9 Å². The molecule has 0 fully saturated rings. The van der Waals surface area contributed by atoms with Gasteiger partial charge in [0, 0.05) is 0 Å². The zero-order valence-corrected chi connectivity index (χ0v) is 13.7. The lowest BCUT2D eigenvalue weighted by atomic mass is 9.82. The average Bonchev–Trinajstić information content (AvgIpc) is 2.33. The third kappa shape index (κ3) is 6.35. The van der Waals surface area contributed by atoms with E-state index in [-0.39, 0.29) is 11.3 Å². The van der Waals surface area contributed by atoms with Crippen LogP contribution >= 0.6 is 0 Å². The fourth-order valence-electron chi connectivity index (χ4n) is 1.43. The lowest BCUT2D eigenvalue weighted by molar-refractivity contribution is 0.189. The van der Waals surface area contributed by atoms with Crippen molar-refractivity contribution >= 4 is 9.04 Å². The van der Waals surface area contributed by atoms with Gasteiger partial charge in [0.05, 0.1) is 12.0 Å². The summed E-state index contributed by atoms with van der Waals surface area (Å²) in [5.41, 5.74) is 0.0731. The monoisotopic (exact) mass is 276 g/mol. The number of ether oxygens (including phenoxy) is 1. The zero-order valence-electron chi connectivity index (χ0n) is 12.6. The van der Waals surface area contributed by atoms with E-state index in [1.54, 1.807) is 0 Å². The van der Waals surface area contributed by atoms with Crippen LogP contribution in [0, 0.1) is 23.4 Å². The Morgan fingerprint density at radius 3 is 2.32 bits per heavy atom. The summed E-state index contributed by atoms with van der Waals surface area (Å²) in [6.07, 6.45) is 2.86. The van der Waals surface area contributed by atoms with E-state index >= 15 is 0 Å². The molecule has 1 atom stereocenters. The molecule has 19 heavy (non-hydrogen) atoms. The maximum Gasteiger partial charge on any atom is 0.244 e. The summed E-state index contributed by atoms with van der Waals surface area (Å²) in [4.78, 5) is 0. The molecule has 1 aromatic carbocycles. The second-order valence-corrected chi connectivity index (χ2v) is 8.29. The first kappa shape index (κ1) is 15.7. The molecule has 1 rings (SSSR count). The van der Waals surface area contributed by atoms with Gasteiger partial charge in [-0.15, -0.1) is 0 Å². The van der Waals surface area contributed by atoms with Gasteiger partial charge in [-0.05, 0) is 30.6 Å². The van der Waals surface area contributed by atoms with Gasteiger partial charge in [0.1, 0.15) is 12.4 Å². The highest BCUT2D eigenvalue weighted by molar-refractivity contribution is 6.48. The van der Waals surface area contributed by atoms with Crippen LogP contribution < -0.4 is 4.74 Å². The minimum Gasteiger partial charge on any atom is -0.505 e. The van der Waals surface area contributed by atoms with Crippen molar-refractivity contribution in [3.63, 3.8) is 0 Å². The van der Waals surface area contributed by atoms with Crippen LogP contribution in [0.15, 0.2) is 30.3 Å². The quantitative estimate of drug-likeness (QED) is 0.617. The molecule has 0 amide bonds. The van der Waals surface area contributed by atoms with Crippen LogP contribution in [0.5, 0.6) is 5.75 Å². The van der Waals surface area contributed by atoms with Gasteiger partial charge < -0.3 is 9.16 Å². The Bertz CT molecular complexity index is 424. The fourth-order valence-corrected chi connectivity index (χ4v) is 1.73.